The fraction of sp³-hybridized carbons (Fsp3) is 0.529. The Hall–Kier alpha value is -2.13. The number of nitrogens with zero attached hydrogens (tertiary/aromatic N) is 2. The second kappa shape index (κ2) is 9.54. The average Bonchev–Trinajstić information content (AvgIpc) is 2.64. The van der Waals surface area contributed by atoms with E-state index in [1.807, 2.05) is 13.2 Å². The largest absolute Gasteiger partial charge is 0.340 e. The number of nitro groups is 1. The summed E-state index contributed by atoms with van der Waals surface area (Å²) in [5, 5.41) is 16.9. The first kappa shape index (κ1) is 20.2. The van der Waals surface area contributed by atoms with Gasteiger partial charge in [-0.3, -0.25) is 19.7 Å². The van der Waals surface area contributed by atoms with Crippen molar-refractivity contribution in [3.05, 3.63) is 39.9 Å². The predicted octanol–water partition coefficient (Wildman–Crippen LogP) is 1.27. The van der Waals surface area contributed by atoms with Gasteiger partial charge >= 0.3 is 0 Å². The molecule has 142 valence electrons. The Kier molecular flexibility index (Phi) is 7.40. The molecule has 8 nitrogen and oxygen atoms in total. The number of piperazine rings is 1. The molecule has 2 amide bonds. The Bertz CT molecular complexity index is 670. The zero-order valence-electron chi connectivity index (χ0n) is 14.9. The van der Waals surface area contributed by atoms with Gasteiger partial charge in [0.1, 0.15) is 6.04 Å². The molecular weight excluding hydrogens is 356 g/mol. The maximum atomic E-state index is 12.9. The average molecular weight is 380 g/mol. The molecule has 1 aliphatic heterocycles. The number of benzene rings is 1. The van der Waals surface area contributed by atoms with Crippen LogP contribution in [-0.4, -0.2) is 65.4 Å². The molecule has 2 rings (SSSR count). The maximum absolute atomic E-state index is 12.9. The zero-order valence-corrected chi connectivity index (χ0v) is 15.8. The van der Waals surface area contributed by atoms with Crippen molar-refractivity contribution in [2.45, 2.75) is 25.4 Å². The lowest BCUT2D eigenvalue weighted by Crippen LogP contribution is -2.56. The molecule has 1 aromatic rings. The number of hydrogen-bond donors (Lipinski definition) is 2. The van der Waals surface area contributed by atoms with Crippen LogP contribution in [0.2, 0.25) is 0 Å². The third-order valence-corrected chi connectivity index (χ3v) is 4.86. The van der Waals surface area contributed by atoms with Crippen molar-refractivity contribution in [3.63, 3.8) is 0 Å². The number of rotatable bonds is 7. The minimum absolute atomic E-state index is 0.105. The lowest BCUT2D eigenvalue weighted by atomic mass is 10.1. The topological polar surface area (TPSA) is 105 Å². The van der Waals surface area contributed by atoms with E-state index in [1.165, 1.54) is 24.3 Å². The number of nitro benzene ring substituents is 1. The van der Waals surface area contributed by atoms with Gasteiger partial charge in [0.05, 0.1) is 4.92 Å². The lowest BCUT2D eigenvalue weighted by molar-refractivity contribution is -0.384. The van der Waals surface area contributed by atoms with Crippen molar-refractivity contribution in [1.82, 2.24) is 15.5 Å². The number of thioether (sulfide) groups is 1. The summed E-state index contributed by atoms with van der Waals surface area (Å²) in [5.41, 5.74) is 0.0235. The smallest absolute Gasteiger partial charge is 0.270 e. The third kappa shape index (κ3) is 5.43. The molecule has 0 bridgehead atoms. The third-order valence-electron chi connectivity index (χ3n) is 4.21. The van der Waals surface area contributed by atoms with Crippen LogP contribution in [-0.2, 0) is 4.79 Å². The summed E-state index contributed by atoms with van der Waals surface area (Å²) in [5.74, 6) is 0.148. The van der Waals surface area contributed by atoms with Gasteiger partial charge in [-0.15, -0.1) is 0 Å². The van der Waals surface area contributed by atoms with E-state index >= 15 is 0 Å². The molecular formula is C17H24N4O4S. The highest BCUT2D eigenvalue weighted by atomic mass is 32.2. The van der Waals surface area contributed by atoms with E-state index in [2.05, 4.69) is 10.6 Å². The Labute approximate surface area is 156 Å². The normalized spacial score (nSPS) is 18.2. The summed E-state index contributed by atoms with van der Waals surface area (Å²) in [6.07, 6.45) is 2.45. The fourth-order valence-electron chi connectivity index (χ4n) is 2.85. The molecule has 1 heterocycles. The van der Waals surface area contributed by atoms with Crippen LogP contribution in [0.4, 0.5) is 5.69 Å². The Morgan fingerprint density at radius 1 is 1.50 bits per heavy atom. The first-order valence-corrected chi connectivity index (χ1v) is 9.88. The van der Waals surface area contributed by atoms with Crippen LogP contribution < -0.4 is 10.6 Å². The number of non-ortho nitro benzene ring substituents is 1. The van der Waals surface area contributed by atoms with Crippen LogP contribution in [0.3, 0.4) is 0 Å². The zero-order chi connectivity index (χ0) is 19.1. The molecule has 1 aromatic carbocycles. The van der Waals surface area contributed by atoms with Crippen LogP contribution >= 0.6 is 11.8 Å². The van der Waals surface area contributed by atoms with Crippen LogP contribution in [0.1, 0.15) is 23.7 Å². The maximum Gasteiger partial charge on any atom is 0.270 e. The van der Waals surface area contributed by atoms with Gasteiger partial charge in [-0.1, -0.05) is 6.07 Å². The van der Waals surface area contributed by atoms with E-state index in [9.17, 15) is 19.7 Å². The number of nitrogens with one attached hydrogen (secondary N) is 2. The molecule has 0 aromatic heterocycles. The summed E-state index contributed by atoms with van der Waals surface area (Å²) >= 11 is 1.60. The fourth-order valence-corrected chi connectivity index (χ4v) is 3.32. The summed E-state index contributed by atoms with van der Waals surface area (Å²) in [7, 11) is 0. The molecule has 1 fully saturated rings. The second-order valence-electron chi connectivity index (χ2n) is 6.25. The minimum atomic E-state index is -0.639. The van der Waals surface area contributed by atoms with Gasteiger partial charge in [-0.05, 0) is 31.4 Å². The number of carbonyl (C=O) groups excluding carboxylic acids is 2. The molecule has 1 aliphatic rings. The monoisotopic (exact) mass is 380 g/mol. The molecule has 26 heavy (non-hydrogen) atoms. The van der Waals surface area contributed by atoms with Gasteiger partial charge < -0.3 is 15.5 Å². The van der Waals surface area contributed by atoms with Crippen molar-refractivity contribution < 1.29 is 14.5 Å². The summed E-state index contributed by atoms with van der Waals surface area (Å²) < 4.78 is 0. The molecule has 0 radical (unpaired) electrons. The van der Waals surface area contributed by atoms with E-state index in [0.717, 1.165) is 12.3 Å². The standard InChI is InChI=1S/C17H24N4O4S/c1-12-11-20(8-7-18-12)17(23)15(6-9-26-2)19-16(22)13-4-3-5-14(10-13)21(24)25/h3-5,10,12,15,18H,6-9,11H2,1-2H3,(H,19,22). The van der Waals surface area contributed by atoms with Crippen molar-refractivity contribution in [2.75, 3.05) is 31.6 Å². The van der Waals surface area contributed by atoms with Crippen molar-refractivity contribution >= 4 is 29.3 Å². The summed E-state index contributed by atoms with van der Waals surface area (Å²) in [4.78, 5) is 37.5. The Morgan fingerprint density at radius 2 is 2.27 bits per heavy atom. The first-order valence-electron chi connectivity index (χ1n) is 8.48. The van der Waals surface area contributed by atoms with Crippen LogP contribution in [0, 0.1) is 10.1 Å². The first-order chi connectivity index (χ1) is 12.4. The SMILES string of the molecule is CSCCC(NC(=O)c1cccc([N+](=O)[O-])c1)C(=O)N1CCNC(C)C1. The molecule has 2 atom stereocenters. The minimum Gasteiger partial charge on any atom is -0.340 e. The van der Waals surface area contributed by atoms with E-state index in [4.69, 9.17) is 0 Å². The molecule has 0 saturated carbocycles. The van der Waals surface area contributed by atoms with Gasteiger partial charge in [0.2, 0.25) is 5.91 Å². The predicted molar refractivity (Wildman–Crippen MR) is 101 cm³/mol. The van der Waals surface area contributed by atoms with Gasteiger partial charge in [-0.2, -0.15) is 11.8 Å². The second-order valence-corrected chi connectivity index (χ2v) is 7.24. The molecule has 1 saturated heterocycles. The Balaban J connectivity index is 2.11. The van der Waals surface area contributed by atoms with Crippen LogP contribution in [0.5, 0.6) is 0 Å². The molecule has 0 spiro atoms. The van der Waals surface area contributed by atoms with E-state index < -0.39 is 16.9 Å². The van der Waals surface area contributed by atoms with Gasteiger partial charge in [-0.25, -0.2) is 0 Å². The molecule has 2 unspecified atom stereocenters. The highest BCUT2D eigenvalue weighted by Crippen LogP contribution is 2.14. The van der Waals surface area contributed by atoms with E-state index in [-0.39, 0.29) is 23.2 Å². The highest BCUT2D eigenvalue weighted by Gasteiger charge is 2.28. The number of carbonyl (C=O) groups is 2. The molecule has 9 heteroatoms. The van der Waals surface area contributed by atoms with Crippen molar-refractivity contribution in [2.24, 2.45) is 0 Å². The van der Waals surface area contributed by atoms with Gasteiger partial charge in [0, 0.05) is 43.4 Å². The van der Waals surface area contributed by atoms with Crippen LogP contribution in [0.15, 0.2) is 24.3 Å². The lowest BCUT2D eigenvalue weighted by Gasteiger charge is -2.34. The highest BCUT2D eigenvalue weighted by molar-refractivity contribution is 7.98. The summed E-state index contributed by atoms with van der Waals surface area (Å²) in [6.45, 7) is 3.94. The van der Waals surface area contributed by atoms with E-state index in [1.54, 1.807) is 16.7 Å². The quantitative estimate of drug-likeness (QED) is 0.545. The van der Waals surface area contributed by atoms with Gasteiger partial charge in [0.15, 0.2) is 0 Å². The van der Waals surface area contributed by atoms with E-state index in [0.29, 0.717) is 19.5 Å². The van der Waals surface area contributed by atoms with Gasteiger partial charge in [0.25, 0.3) is 11.6 Å². The molecule has 2 N–H and O–H groups in total. The Morgan fingerprint density at radius 3 is 2.92 bits per heavy atom. The van der Waals surface area contributed by atoms with Crippen molar-refractivity contribution in [3.8, 4) is 0 Å². The molecule has 0 aliphatic carbocycles. The summed E-state index contributed by atoms with van der Waals surface area (Å²) in [6, 6.07) is 5.09. The number of hydrogen-bond acceptors (Lipinski definition) is 6. The number of amides is 2. The van der Waals surface area contributed by atoms with Crippen LogP contribution in [0.25, 0.3) is 0 Å². The van der Waals surface area contributed by atoms with Crippen molar-refractivity contribution in [1.29, 1.82) is 0 Å².